The Morgan fingerprint density at radius 2 is 0.686 bits per heavy atom. The first-order valence-electron chi connectivity index (χ1n) is 12.8. The molecular weight excluding hydrogens is 581 g/mol. The molecule has 0 unspecified atom stereocenters. The summed E-state index contributed by atoms with van der Waals surface area (Å²) in [6.45, 7) is 22.9. The summed E-state index contributed by atoms with van der Waals surface area (Å²) in [7, 11) is -5.22. The van der Waals surface area contributed by atoms with Crippen LogP contribution in [0.1, 0.15) is 16.7 Å². The Morgan fingerprint density at radius 3 is 0.914 bits per heavy atom. The monoisotopic (exact) mass is 622 g/mol. The van der Waals surface area contributed by atoms with Gasteiger partial charge in [-0.05, 0) is 0 Å². The average molecular weight is 622 g/mol. The SMILES string of the molecule is Cc1ccc([N]2[Sn]3[N](c4ccc(C)cc4)[Si](C)(C)C([Si]2(C)C)[Si](C)(C)[N]3c2ccc(C)cc2)cc1. The van der Waals surface area contributed by atoms with Crippen molar-refractivity contribution in [2.24, 2.45) is 0 Å². The molecular formula is C28H40N3Si3Sn. The van der Waals surface area contributed by atoms with Crippen LogP contribution in [0.25, 0.3) is 0 Å². The quantitative estimate of drug-likeness (QED) is 0.281. The van der Waals surface area contributed by atoms with Crippen molar-refractivity contribution in [3.63, 3.8) is 0 Å². The normalized spacial score (nSPS) is 21.0. The van der Waals surface area contributed by atoms with Crippen LogP contribution in [0.3, 0.4) is 0 Å². The molecule has 3 fully saturated rings. The van der Waals surface area contributed by atoms with Gasteiger partial charge in [-0.15, -0.1) is 0 Å². The maximum absolute atomic E-state index is 3.08. The van der Waals surface area contributed by atoms with Crippen molar-refractivity contribution in [2.75, 3.05) is 8.36 Å². The third-order valence-electron chi connectivity index (χ3n) is 8.32. The Hall–Kier alpha value is -1.49. The molecule has 0 aromatic heterocycles. The van der Waals surface area contributed by atoms with Gasteiger partial charge < -0.3 is 0 Å². The fourth-order valence-electron chi connectivity index (χ4n) is 7.48. The summed E-state index contributed by atoms with van der Waals surface area (Å²) in [6, 6.07) is 28.4. The molecule has 3 saturated heterocycles. The number of benzene rings is 3. The van der Waals surface area contributed by atoms with Gasteiger partial charge in [0.05, 0.1) is 0 Å². The van der Waals surface area contributed by atoms with Gasteiger partial charge in [0.15, 0.2) is 0 Å². The number of nitrogens with zero attached hydrogens (tertiary/aromatic N) is 3. The minimum atomic E-state index is -2.64. The zero-order valence-corrected chi connectivity index (χ0v) is 28.7. The Bertz CT molecular complexity index is 1070. The van der Waals surface area contributed by atoms with E-state index >= 15 is 0 Å². The molecule has 3 heterocycles. The molecule has 0 atom stereocenters. The van der Waals surface area contributed by atoms with Crippen LogP contribution in [0.4, 0.5) is 17.1 Å². The molecule has 35 heavy (non-hydrogen) atoms. The van der Waals surface area contributed by atoms with Gasteiger partial charge in [-0.3, -0.25) is 0 Å². The van der Waals surface area contributed by atoms with Gasteiger partial charge in [0.2, 0.25) is 0 Å². The number of hydrogen-bond acceptors (Lipinski definition) is 3. The van der Waals surface area contributed by atoms with E-state index in [0.717, 1.165) is 4.79 Å². The Balaban J connectivity index is 1.80. The van der Waals surface area contributed by atoms with Crippen LogP contribution in [0.15, 0.2) is 72.8 Å². The fraction of sp³-hybridized carbons (Fsp3) is 0.357. The van der Waals surface area contributed by atoms with Gasteiger partial charge in [0.1, 0.15) is 0 Å². The van der Waals surface area contributed by atoms with Crippen LogP contribution in [-0.4, -0.2) is 45.3 Å². The number of anilines is 3. The first kappa shape index (κ1) is 25.2. The second kappa shape index (κ2) is 8.53. The first-order chi connectivity index (χ1) is 16.4. The van der Waals surface area contributed by atoms with Gasteiger partial charge in [-0.2, -0.15) is 0 Å². The summed E-state index contributed by atoms with van der Waals surface area (Å²) < 4.78 is 9.24. The molecule has 1 radical (unpaired) electrons. The second-order valence-corrected chi connectivity index (χ2v) is 36.3. The number of aryl methyl sites for hydroxylation is 3. The van der Waals surface area contributed by atoms with Crippen molar-refractivity contribution in [1.82, 2.24) is 0 Å². The van der Waals surface area contributed by atoms with Crippen molar-refractivity contribution in [1.29, 1.82) is 0 Å². The summed E-state index contributed by atoms with van der Waals surface area (Å²) in [5, 5.41) is 0. The van der Waals surface area contributed by atoms with Gasteiger partial charge in [0, 0.05) is 0 Å². The van der Waals surface area contributed by atoms with Crippen LogP contribution in [0.5, 0.6) is 0 Å². The van der Waals surface area contributed by atoms with Gasteiger partial charge in [-0.25, -0.2) is 0 Å². The van der Waals surface area contributed by atoms with Crippen molar-refractivity contribution in [3.8, 4) is 0 Å². The van der Waals surface area contributed by atoms with E-state index in [1.165, 1.54) is 33.8 Å². The van der Waals surface area contributed by atoms with E-state index in [0.29, 0.717) is 0 Å². The van der Waals surface area contributed by atoms with E-state index in [2.05, 4.69) is 141 Å². The van der Waals surface area contributed by atoms with Crippen LogP contribution in [0.2, 0.25) is 44.1 Å². The van der Waals surface area contributed by atoms with E-state index < -0.39 is 45.3 Å². The van der Waals surface area contributed by atoms with Crippen LogP contribution in [0, 0.1) is 20.8 Å². The molecule has 0 spiro atoms. The molecule has 3 aromatic carbocycles. The third-order valence-corrected chi connectivity index (χ3v) is 54.0. The molecule has 3 aliphatic rings. The van der Waals surface area contributed by atoms with Crippen molar-refractivity contribution in [3.05, 3.63) is 89.5 Å². The number of fused-ring (bicyclic) bond motifs is 3. The predicted molar refractivity (Wildman–Crippen MR) is 163 cm³/mol. The van der Waals surface area contributed by atoms with E-state index in [1.54, 1.807) is 0 Å². The predicted octanol–water partition coefficient (Wildman–Crippen LogP) is 7.51. The van der Waals surface area contributed by atoms with Gasteiger partial charge >= 0.3 is 225 Å². The van der Waals surface area contributed by atoms with E-state index in [9.17, 15) is 0 Å². The summed E-state index contributed by atoms with van der Waals surface area (Å²) in [6.07, 6.45) is 0. The molecule has 3 aromatic rings. The maximum atomic E-state index is 3.08. The third kappa shape index (κ3) is 3.86. The standard InChI is InChI=1S/C28H40N3Si3.Sn/c1-22-10-16-25(17-11-22)29-32(4,5)28(33(6,7)30-26-18-12-23(2)13-19-26)34(8,9)31-27-20-14-24(3)15-21-27;/h10-21,28H,1-9H3;/q-3;+3. The molecule has 2 bridgehead atoms. The average Bonchev–Trinajstić information content (AvgIpc) is 2.75. The number of hydrogen-bond donors (Lipinski definition) is 0. The molecule has 7 heteroatoms. The molecule has 0 aliphatic carbocycles. The summed E-state index contributed by atoms with van der Waals surface area (Å²) in [5.74, 6) is 0. The number of rotatable bonds is 3. The van der Waals surface area contributed by atoms with E-state index in [4.69, 9.17) is 0 Å². The van der Waals surface area contributed by atoms with Gasteiger partial charge in [0.25, 0.3) is 0 Å². The topological polar surface area (TPSA) is 9.72 Å². The molecule has 0 amide bonds. The molecule has 183 valence electrons. The van der Waals surface area contributed by atoms with Crippen LogP contribution >= 0.6 is 0 Å². The molecule has 3 aliphatic heterocycles. The fourth-order valence-corrected chi connectivity index (χ4v) is 69.5. The minimum absolute atomic E-state index is 0.810. The van der Waals surface area contributed by atoms with Crippen LogP contribution in [-0.2, 0) is 0 Å². The molecule has 3 nitrogen and oxygen atoms in total. The molecule has 0 saturated carbocycles. The Morgan fingerprint density at radius 1 is 0.457 bits per heavy atom. The van der Waals surface area contributed by atoms with Crippen molar-refractivity contribution in [2.45, 2.75) is 64.8 Å². The van der Waals surface area contributed by atoms with Crippen LogP contribution < -0.4 is 8.36 Å². The second-order valence-electron chi connectivity index (χ2n) is 12.2. The molecule has 6 rings (SSSR count). The zero-order chi connectivity index (χ0) is 25.3. The Labute approximate surface area is 223 Å². The Kier molecular flexibility index (Phi) is 6.14. The zero-order valence-electron chi connectivity index (χ0n) is 22.8. The summed E-state index contributed by atoms with van der Waals surface area (Å²) in [4.78, 5) is 0.810. The van der Waals surface area contributed by atoms with Crippen molar-refractivity contribution < 1.29 is 0 Å². The summed E-state index contributed by atoms with van der Waals surface area (Å²) in [5.41, 5.74) is 8.44. The first-order valence-corrected chi connectivity index (χ1v) is 25.7. The summed E-state index contributed by atoms with van der Waals surface area (Å²) >= 11 is -2.64. The van der Waals surface area contributed by atoms with Gasteiger partial charge in [-0.1, -0.05) is 0 Å². The van der Waals surface area contributed by atoms with E-state index in [-0.39, 0.29) is 0 Å². The van der Waals surface area contributed by atoms with Crippen molar-refractivity contribution >= 4 is 62.3 Å². The molecule has 0 N–H and O–H groups in total. The van der Waals surface area contributed by atoms with E-state index in [1.807, 2.05) is 0 Å².